The Morgan fingerprint density at radius 3 is 2.75 bits per heavy atom. The minimum Gasteiger partial charge on any atom is -0.441 e. The number of carbonyl (C=O) groups excluding carboxylic acids is 1. The average Bonchev–Trinajstić information content (AvgIpc) is 2.90. The normalized spacial score (nSPS) is 12.2. The van der Waals surface area contributed by atoms with Crippen LogP contribution in [-0.4, -0.2) is 16.9 Å². The van der Waals surface area contributed by atoms with Crippen molar-refractivity contribution >= 4 is 40.0 Å². The lowest BCUT2D eigenvalue weighted by Gasteiger charge is -2.15. The van der Waals surface area contributed by atoms with Crippen LogP contribution in [0, 0.1) is 12.7 Å². The summed E-state index contributed by atoms with van der Waals surface area (Å²) < 4.78 is 18.6. The van der Waals surface area contributed by atoms with E-state index in [4.69, 9.17) is 16.0 Å². The van der Waals surface area contributed by atoms with Gasteiger partial charge in [0.15, 0.2) is 11.5 Å². The summed E-state index contributed by atoms with van der Waals surface area (Å²) in [5.41, 5.74) is 2.59. The van der Waals surface area contributed by atoms with Crippen LogP contribution in [0.4, 0.5) is 15.8 Å². The standard InChI is InChI=1S/C17H15ClFN3O2/c1-9(17(23)22-11-3-5-14(19)13(18)7-11)20-12-4-6-16-15(8-12)21-10(2)24-16/h3-9,20H,1-2H3,(H,22,23). The molecule has 0 aliphatic rings. The van der Waals surface area contributed by atoms with Gasteiger partial charge in [0.2, 0.25) is 5.91 Å². The van der Waals surface area contributed by atoms with E-state index in [1.165, 1.54) is 18.2 Å². The second-order valence-corrected chi connectivity index (χ2v) is 5.81. The maximum atomic E-state index is 13.1. The molecule has 1 aromatic heterocycles. The van der Waals surface area contributed by atoms with E-state index < -0.39 is 11.9 Å². The Morgan fingerprint density at radius 2 is 2.00 bits per heavy atom. The van der Waals surface area contributed by atoms with Gasteiger partial charge in [-0.25, -0.2) is 9.37 Å². The van der Waals surface area contributed by atoms with Crippen molar-refractivity contribution in [3.63, 3.8) is 0 Å². The number of amides is 1. The molecule has 2 aromatic carbocycles. The van der Waals surface area contributed by atoms with Crippen LogP contribution in [0.3, 0.4) is 0 Å². The first kappa shape index (κ1) is 16.3. The molecule has 0 saturated carbocycles. The predicted octanol–water partition coefficient (Wildman–Crippen LogP) is 4.37. The molecule has 0 radical (unpaired) electrons. The van der Waals surface area contributed by atoms with E-state index in [1.54, 1.807) is 19.9 Å². The zero-order valence-electron chi connectivity index (χ0n) is 13.1. The van der Waals surface area contributed by atoms with Gasteiger partial charge in [-0.2, -0.15) is 0 Å². The van der Waals surface area contributed by atoms with Gasteiger partial charge in [0.25, 0.3) is 0 Å². The number of hydrogen-bond donors (Lipinski definition) is 2. The number of nitrogens with zero attached hydrogens (tertiary/aromatic N) is 1. The summed E-state index contributed by atoms with van der Waals surface area (Å²) in [5.74, 6) is -0.215. The van der Waals surface area contributed by atoms with Gasteiger partial charge in [0.05, 0.1) is 5.02 Å². The highest BCUT2D eigenvalue weighted by Gasteiger charge is 2.14. The molecule has 1 amide bonds. The topological polar surface area (TPSA) is 67.2 Å². The van der Waals surface area contributed by atoms with E-state index in [2.05, 4.69) is 15.6 Å². The predicted molar refractivity (Wildman–Crippen MR) is 91.9 cm³/mol. The number of benzene rings is 2. The number of anilines is 2. The highest BCUT2D eigenvalue weighted by atomic mass is 35.5. The molecule has 3 aromatic rings. The van der Waals surface area contributed by atoms with E-state index >= 15 is 0 Å². The molecule has 5 nitrogen and oxygen atoms in total. The summed E-state index contributed by atoms with van der Waals surface area (Å²) in [6.07, 6.45) is 0. The number of hydrogen-bond acceptors (Lipinski definition) is 4. The molecule has 24 heavy (non-hydrogen) atoms. The fourth-order valence-corrected chi connectivity index (χ4v) is 2.45. The number of nitrogens with one attached hydrogen (secondary N) is 2. The first-order chi connectivity index (χ1) is 11.4. The number of carbonyl (C=O) groups is 1. The first-order valence-corrected chi connectivity index (χ1v) is 7.70. The van der Waals surface area contributed by atoms with Crippen molar-refractivity contribution in [1.29, 1.82) is 0 Å². The Kier molecular flexibility index (Phi) is 4.40. The molecule has 7 heteroatoms. The van der Waals surface area contributed by atoms with Crippen LogP contribution in [0.15, 0.2) is 40.8 Å². The van der Waals surface area contributed by atoms with Crippen LogP contribution < -0.4 is 10.6 Å². The van der Waals surface area contributed by atoms with Gasteiger partial charge in [-0.3, -0.25) is 4.79 Å². The molecule has 1 heterocycles. The largest absolute Gasteiger partial charge is 0.441 e. The molecule has 2 N–H and O–H groups in total. The van der Waals surface area contributed by atoms with Crippen molar-refractivity contribution in [1.82, 2.24) is 4.98 Å². The van der Waals surface area contributed by atoms with E-state index in [9.17, 15) is 9.18 Å². The molecule has 0 saturated heterocycles. The van der Waals surface area contributed by atoms with Crippen LogP contribution in [0.25, 0.3) is 11.1 Å². The molecular formula is C17H15ClFN3O2. The molecule has 1 atom stereocenters. The summed E-state index contributed by atoms with van der Waals surface area (Å²) in [7, 11) is 0. The number of halogens is 2. The first-order valence-electron chi connectivity index (χ1n) is 7.32. The van der Waals surface area contributed by atoms with Crippen molar-refractivity contribution in [2.45, 2.75) is 19.9 Å². The van der Waals surface area contributed by atoms with Crippen LogP contribution in [0.5, 0.6) is 0 Å². The van der Waals surface area contributed by atoms with Crippen molar-refractivity contribution < 1.29 is 13.6 Å². The molecule has 0 fully saturated rings. The van der Waals surface area contributed by atoms with Crippen molar-refractivity contribution in [2.24, 2.45) is 0 Å². The van der Waals surface area contributed by atoms with E-state index in [0.29, 0.717) is 17.2 Å². The zero-order valence-corrected chi connectivity index (χ0v) is 13.8. The van der Waals surface area contributed by atoms with Gasteiger partial charge in [-0.1, -0.05) is 11.6 Å². The number of rotatable bonds is 4. The Bertz CT molecular complexity index is 910. The van der Waals surface area contributed by atoms with Gasteiger partial charge in [0.1, 0.15) is 17.4 Å². The van der Waals surface area contributed by atoms with Gasteiger partial charge in [-0.05, 0) is 43.3 Å². The Hall–Kier alpha value is -2.60. The summed E-state index contributed by atoms with van der Waals surface area (Å²) in [4.78, 5) is 16.5. The van der Waals surface area contributed by atoms with E-state index in [1.807, 2.05) is 12.1 Å². The smallest absolute Gasteiger partial charge is 0.246 e. The Morgan fingerprint density at radius 1 is 1.25 bits per heavy atom. The van der Waals surface area contributed by atoms with Crippen molar-refractivity contribution in [3.05, 3.63) is 53.1 Å². The number of aromatic nitrogens is 1. The monoisotopic (exact) mass is 347 g/mol. The van der Waals surface area contributed by atoms with Crippen molar-refractivity contribution in [3.8, 4) is 0 Å². The van der Waals surface area contributed by atoms with Gasteiger partial charge in [-0.15, -0.1) is 0 Å². The van der Waals surface area contributed by atoms with E-state index in [0.717, 1.165) is 11.2 Å². The quantitative estimate of drug-likeness (QED) is 0.735. The minimum absolute atomic E-state index is 0.0414. The fraction of sp³-hybridized carbons (Fsp3) is 0.176. The lowest BCUT2D eigenvalue weighted by Crippen LogP contribution is -2.31. The van der Waals surface area contributed by atoms with Crippen molar-refractivity contribution in [2.75, 3.05) is 10.6 Å². The zero-order chi connectivity index (χ0) is 17.3. The molecule has 0 aliphatic carbocycles. The third kappa shape index (κ3) is 3.49. The van der Waals surface area contributed by atoms with Gasteiger partial charge >= 0.3 is 0 Å². The number of oxazole rings is 1. The molecular weight excluding hydrogens is 333 g/mol. The number of fused-ring (bicyclic) bond motifs is 1. The van der Waals surface area contributed by atoms with Crippen LogP contribution in [0.2, 0.25) is 5.02 Å². The molecule has 0 spiro atoms. The molecule has 124 valence electrons. The molecule has 0 bridgehead atoms. The summed E-state index contributed by atoms with van der Waals surface area (Å²) in [6, 6.07) is 8.93. The van der Waals surface area contributed by atoms with Crippen LogP contribution in [0.1, 0.15) is 12.8 Å². The maximum Gasteiger partial charge on any atom is 0.246 e. The highest BCUT2D eigenvalue weighted by Crippen LogP contribution is 2.21. The second-order valence-electron chi connectivity index (χ2n) is 5.40. The molecule has 3 rings (SSSR count). The summed E-state index contributed by atoms with van der Waals surface area (Å²) in [6.45, 7) is 3.50. The minimum atomic E-state index is -0.531. The summed E-state index contributed by atoms with van der Waals surface area (Å²) in [5, 5.41) is 5.73. The Labute approximate surface area is 142 Å². The molecule has 0 aliphatic heterocycles. The van der Waals surface area contributed by atoms with Gasteiger partial charge < -0.3 is 15.1 Å². The van der Waals surface area contributed by atoms with E-state index in [-0.39, 0.29) is 10.9 Å². The maximum absolute atomic E-state index is 13.1. The number of aryl methyl sites for hydroxylation is 1. The highest BCUT2D eigenvalue weighted by molar-refractivity contribution is 6.31. The average molecular weight is 348 g/mol. The molecule has 1 unspecified atom stereocenters. The van der Waals surface area contributed by atoms with Crippen LogP contribution >= 0.6 is 11.6 Å². The Balaban J connectivity index is 1.69. The fourth-order valence-electron chi connectivity index (χ4n) is 2.27. The summed E-state index contributed by atoms with van der Waals surface area (Å²) >= 11 is 5.71. The SMILES string of the molecule is Cc1nc2cc(NC(C)C(=O)Nc3ccc(F)c(Cl)c3)ccc2o1. The third-order valence-corrected chi connectivity index (χ3v) is 3.75. The lowest BCUT2D eigenvalue weighted by atomic mass is 10.2. The third-order valence-electron chi connectivity index (χ3n) is 3.46. The second kappa shape index (κ2) is 6.49. The lowest BCUT2D eigenvalue weighted by molar-refractivity contribution is -0.116. The van der Waals surface area contributed by atoms with Gasteiger partial charge in [0, 0.05) is 18.3 Å². The van der Waals surface area contributed by atoms with Crippen LogP contribution in [-0.2, 0) is 4.79 Å².